The van der Waals surface area contributed by atoms with Crippen molar-refractivity contribution in [3.05, 3.63) is 90.5 Å². The van der Waals surface area contributed by atoms with Gasteiger partial charge in [0.15, 0.2) is 0 Å². The normalized spacial score (nSPS) is 9.88. The van der Waals surface area contributed by atoms with Gasteiger partial charge < -0.3 is 23.9 Å². The average molecular weight is 337 g/mol. The van der Waals surface area contributed by atoms with Crippen molar-refractivity contribution < 1.29 is 18.1 Å². The van der Waals surface area contributed by atoms with Gasteiger partial charge >= 0.3 is 0 Å². The molecule has 0 fully saturated rings. The molecule has 0 bridgehead atoms. The zero-order valence-corrected chi connectivity index (χ0v) is 14.2. The second kappa shape index (κ2) is 8.34. The fraction of sp³-hybridized carbons (Fsp3) is 0.0476. The van der Waals surface area contributed by atoms with Gasteiger partial charge in [-0.1, -0.05) is 66.7 Å². The van der Waals surface area contributed by atoms with Crippen LogP contribution in [0.5, 0.6) is 0 Å². The Morgan fingerprint density at radius 1 is 0.625 bits per heavy atom. The number of quaternary nitrogens is 1. The van der Waals surface area contributed by atoms with Crippen molar-refractivity contribution in [2.45, 2.75) is 6.54 Å². The first-order valence-corrected chi connectivity index (χ1v) is 7.77. The first-order valence-electron chi connectivity index (χ1n) is 7.77. The van der Waals surface area contributed by atoms with Gasteiger partial charge in [-0.3, -0.25) is 0 Å². The van der Waals surface area contributed by atoms with Crippen molar-refractivity contribution in [3.63, 3.8) is 0 Å². The van der Waals surface area contributed by atoms with Gasteiger partial charge in [0.05, 0.1) is 6.54 Å². The zero-order chi connectivity index (χ0) is 16.1. The summed E-state index contributed by atoms with van der Waals surface area (Å²) in [6, 6.07) is 29.0. The quantitative estimate of drug-likeness (QED) is 0.501. The average Bonchev–Trinajstić information content (AvgIpc) is 2.61. The maximum absolute atomic E-state index is 5.62. The second-order valence-corrected chi connectivity index (χ2v) is 5.54. The van der Waals surface area contributed by atoms with Crippen LogP contribution in [0.3, 0.4) is 0 Å². The summed E-state index contributed by atoms with van der Waals surface area (Å²) in [5.74, 6) is 0. The molecule has 0 aliphatic rings. The lowest BCUT2D eigenvalue weighted by Crippen LogP contribution is -3.00. The monoisotopic (exact) mass is 336 g/mol. The molecule has 0 amide bonds. The lowest BCUT2D eigenvalue weighted by Gasteiger charge is -1.98. The summed E-state index contributed by atoms with van der Waals surface area (Å²) >= 11 is 0. The number of hydrogen-bond acceptors (Lipinski definition) is 1. The Balaban J connectivity index is 0.000000167. The van der Waals surface area contributed by atoms with Gasteiger partial charge in [-0.2, -0.15) is 0 Å². The molecule has 122 valence electrons. The van der Waals surface area contributed by atoms with Crippen LogP contribution in [0.4, 0.5) is 5.69 Å². The molecule has 0 aromatic heterocycles. The summed E-state index contributed by atoms with van der Waals surface area (Å²) in [7, 11) is 0. The predicted molar refractivity (Wildman–Crippen MR) is 98.9 cm³/mol. The molecule has 0 heterocycles. The van der Waals surface area contributed by atoms with E-state index in [2.05, 4.69) is 60.3 Å². The van der Waals surface area contributed by atoms with E-state index in [-0.39, 0.29) is 12.4 Å². The molecule has 5 N–H and O–H groups in total. The van der Waals surface area contributed by atoms with Crippen LogP contribution in [0, 0.1) is 0 Å². The Hall–Kier alpha value is -2.55. The Labute approximate surface area is 148 Å². The van der Waals surface area contributed by atoms with Crippen LogP contribution in [0.15, 0.2) is 84.9 Å². The number of anilines is 1. The van der Waals surface area contributed by atoms with Crippen molar-refractivity contribution in [1.82, 2.24) is 0 Å². The van der Waals surface area contributed by atoms with Gasteiger partial charge in [0.1, 0.15) is 0 Å². The van der Waals surface area contributed by atoms with Crippen molar-refractivity contribution in [1.29, 1.82) is 0 Å². The molecule has 2 nitrogen and oxygen atoms in total. The number of benzene rings is 4. The van der Waals surface area contributed by atoms with Crippen molar-refractivity contribution >= 4 is 27.2 Å². The molecule has 4 rings (SSSR count). The van der Waals surface area contributed by atoms with E-state index in [4.69, 9.17) is 5.73 Å². The van der Waals surface area contributed by atoms with Gasteiger partial charge in [0.25, 0.3) is 0 Å². The molecule has 0 spiro atoms. The van der Waals surface area contributed by atoms with Gasteiger partial charge in [0.2, 0.25) is 0 Å². The highest BCUT2D eigenvalue weighted by Crippen LogP contribution is 2.16. The van der Waals surface area contributed by atoms with Crippen LogP contribution in [0.2, 0.25) is 0 Å². The van der Waals surface area contributed by atoms with Crippen LogP contribution < -0.4 is 23.9 Å². The molecule has 0 saturated carbocycles. The number of rotatable bonds is 1. The molecule has 24 heavy (non-hydrogen) atoms. The third kappa shape index (κ3) is 4.25. The van der Waals surface area contributed by atoms with Gasteiger partial charge in [-0.15, -0.1) is 0 Å². The van der Waals surface area contributed by atoms with Crippen molar-refractivity contribution in [2.75, 3.05) is 5.73 Å². The van der Waals surface area contributed by atoms with Crippen molar-refractivity contribution in [2.24, 2.45) is 0 Å². The van der Waals surface area contributed by atoms with Crippen molar-refractivity contribution in [3.8, 4) is 0 Å². The van der Waals surface area contributed by atoms with E-state index in [0.717, 1.165) is 12.2 Å². The molecule has 4 aromatic carbocycles. The lowest BCUT2D eigenvalue weighted by molar-refractivity contribution is -0.386. The molecule has 0 saturated heterocycles. The summed E-state index contributed by atoms with van der Waals surface area (Å²) in [5, 5.41) is 5.04. The molecular weight excluding hydrogens is 316 g/mol. The number of nitrogens with two attached hydrogens (primary N) is 1. The Bertz CT molecular complexity index is 935. The molecule has 0 aliphatic heterocycles. The molecule has 3 heteroatoms. The van der Waals surface area contributed by atoms with E-state index in [9.17, 15) is 0 Å². The third-order valence-electron chi connectivity index (χ3n) is 3.88. The molecule has 0 aliphatic carbocycles. The standard InChI is InChI=1S/C11H11N.C10H9N.ClH/c12-8-9-5-6-10-3-1-2-4-11(10)7-9;11-10-6-5-8-3-1-2-4-9(8)7-10;/h1-7H,8,12H2;1-7H,11H2;1H. The zero-order valence-electron chi connectivity index (χ0n) is 13.5. The first kappa shape index (κ1) is 17.8. The van der Waals surface area contributed by atoms with Crippen LogP contribution in [0.1, 0.15) is 5.56 Å². The first-order chi connectivity index (χ1) is 11.3. The molecular formula is C21H21ClN2. The smallest absolute Gasteiger partial charge is 0.0997 e. The Morgan fingerprint density at radius 3 is 1.71 bits per heavy atom. The summed E-state index contributed by atoms with van der Waals surface area (Å²) in [6.07, 6.45) is 0. The minimum absolute atomic E-state index is 0. The van der Waals surface area contributed by atoms with Crippen LogP contribution in [0.25, 0.3) is 21.5 Å². The summed E-state index contributed by atoms with van der Waals surface area (Å²) in [4.78, 5) is 0. The van der Waals surface area contributed by atoms with E-state index >= 15 is 0 Å². The second-order valence-electron chi connectivity index (χ2n) is 5.54. The largest absolute Gasteiger partial charge is 1.00 e. The fourth-order valence-electron chi connectivity index (χ4n) is 2.60. The van der Waals surface area contributed by atoms with E-state index in [0.29, 0.717) is 0 Å². The maximum atomic E-state index is 5.62. The highest BCUT2D eigenvalue weighted by atomic mass is 35.5. The fourth-order valence-corrected chi connectivity index (χ4v) is 2.60. The predicted octanol–water partition coefficient (Wildman–Crippen LogP) is 1.01. The molecule has 0 radical (unpaired) electrons. The topological polar surface area (TPSA) is 53.7 Å². The van der Waals surface area contributed by atoms with E-state index in [1.54, 1.807) is 0 Å². The molecule has 0 atom stereocenters. The number of hydrogen-bond donors (Lipinski definition) is 2. The highest BCUT2D eigenvalue weighted by molar-refractivity contribution is 5.85. The SMILES string of the molecule is Nc1ccc2ccccc2c1.[Cl-].[NH3+]Cc1ccc2ccccc2c1. The minimum atomic E-state index is 0. The Morgan fingerprint density at radius 2 is 1.12 bits per heavy atom. The third-order valence-corrected chi connectivity index (χ3v) is 3.88. The van der Waals surface area contributed by atoms with Crippen LogP contribution in [-0.4, -0.2) is 0 Å². The Kier molecular flexibility index (Phi) is 6.19. The summed E-state index contributed by atoms with van der Waals surface area (Å²) in [6.45, 7) is 0.866. The minimum Gasteiger partial charge on any atom is -1.00 e. The van der Waals surface area contributed by atoms with Gasteiger partial charge in [-0.25, -0.2) is 0 Å². The van der Waals surface area contributed by atoms with Gasteiger partial charge in [0, 0.05) is 11.3 Å². The highest BCUT2D eigenvalue weighted by Gasteiger charge is 1.94. The summed E-state index contributed by atoms with van der Waals surface area (Å²) in [5.41, 5.74) is 11.6. The van der Waals surface area contributed by atoms with Crippen LogP contribution in [-0.2, 0) is 6.54 Å². The number of nitrogen functional groups attached to an aromatic ring is 1. The number of halogens is 1. The van der Waals surface area contributed by atoms with E-state index < -0.39 is 0 Å². The van der Waals surface area contributed by atoms with Crippen LogP contribution >= 0.6 is 0 Å². The van der Waals surface area contributed by atoms with E-state index in [1.165, 1.54) is 27.1 Å². The number of fused-ring (bicyclic) bond motifs is 2. The maximum Gasteiger partial charge on any atom is 0.0997 e. The van der Waals surface area contributed by atoms with Gasteiger partial charge in [-0.05, 0) is 39.7 Å². The summed E-state index contributed by atoms with van der Waals surface area (Å²) < 4.78 is 0. The van der Waals surface area contributed by atoms with E-state index in [1.807, 2.05) is 30.3 Å². The molecule has 0 unspecified atom stereocenters. The lowest BCUT2D eigenvalue weighted by atomic mass is 10.1. The molecule has 4 aromatic rings.